The number of benzene rings is 1. The van der Waals surface area contributed by atoms with E-state index in [0.29, 0.717) is 11.4 Å². The molecule has 0 atom stereocenters. The highest BCUT2D eigenvalue weighted by molar-refractivity contribution is 6.04. The zero-order chi connectivity index (χ0) is 20.1. The van der Waals surface area contributed by atoms with E-state index in [-0.39, 0.29) is 0 Å². The van der Waals surface area contributed by atoms with Crippen LogP contribution in [-0.2, 0) is 7.05 Å². The van der Waals surface area contributed by atoms with Crippen molar-refractivity contribution in [1.82, 2.24) is 29.1 Å². The molecule has 29 heavy (non-hydrogen) atoms. The van der Waals surface area contributed by atoms with Crippen molar-refractivity contribution in [1.29, 1.82) is 5.41 Å². The second kappa shape index (κ2) is 6.23. The summed E-state index contributed by atoms with van der Waals surface area (Å²) in [5.41, 5.74) is 12.2. The second-order valence-corrected chi connectivity index (χ2v) is 6.91. The zero-order valence-corrected chi connectivity index (χ0v) is 16.0. The maximum Gasteiger partial charge on any atom is 0.207 e. The van der Waals surface area contributed by atoms with E-state index in [4.69, 9.17) is 11.1 Å². The number of rotatable bonds is 2. The first kappa shape index (κ1) is 17.1. The minimum absolute atomic E-state index is 0.326. The quantitative estimate of drug-likeness (QED) is 0.488. The monoisotopic (exact) mass is 382 g/mol. The lowest BCUT2D eigenvalue weighted by atomic mass is 10.0. The Bertz CT molecular complexity index is 1440. The molecule has 0 radical (unpaired) electrons. The van der Waals surface area contributed by atoms with Crippen molar-refractivity contribution in [2.75, 3.05) is 5.73 Å². The number of nitrogens with one attached hydrogen (secondary N) is 1. The molecule has 3 N–H and O–H groups in total. The van der Waals surface area contributed by atoms with E-state index in [0.717, 1.165) is 44.4 Å². The molecule has 4 aromatic heterocycles. The van der Waals surface area contributed by atoms with E-state index in [1.165, 1.54) is 6.33 Å². The fourth-order valence-corrected chi connectivity index (χ4v) is 3.61. The molecule has 5 aromatic rings. The Morgan fingerprint density at radius 3 is 2.55 bits per heavy atom. The number of nitrogens with two attached hydrogens (primary N) is 1. The molecule has 1 aromatic carbocycles. The molecule has 0 spiro atoms. The topological polar surface area (TPSA) is 111 Å². The molecule has 0 fully saturated rings. The van der Waals surface area contributed by atoms with Crippen molar-refractivity contribution >= 4 is 27.8 Å². The number of aryl methyl sites for hydroxylation is 2. The van der Waals surface area contributed by atoms with E-state index in [2.05, 4.69) is 26.0 Å². The maximum atomic E-state index is 8.69. The molecule has 0 saturated carbocycles. The first-order valence-electron chi connectivity index (χ1n) is 9.08. The fourth-order valence-electron chi connectivity index (χ4n) is 3.61. The largest absolute Gasteiger partial charge is 0.384 e. The highest BCUT2D eigenvalue weighted by Gasteiger charge is 2.16. The second-order valence-electron chi connectivity index (χ2n) is 6.91. The number of nitrogens with zero attached hydrogens (tertiary/aromatic N) is 6. The molecular formula is C21H18N8. The number of aromatic nitrogens is 6. The Kier molecular flexibility index (Phi) is 3.67. The molecule has 0 aliphatic heterocycles. The van der Waals surface area contributed by atoms with Gasteiger partial charge in [0.25, 0.3) is 0 Å². The number of hydrogen-bond acceptors (Lipinski definition) is 6. The van der Waals surface area contributed by atoms with Gasteiger partial charge in [0.15, 0.2) is 0 Å². The van der Waals surface area contributed by atoms with E-state index in [1.807, 2.05) is 41.3 Å². The maximum absolute atomic E-state index is 8.69. The minimum Gasteiger partial charge on any atom is -0.384 e. The summed E-state index contributed by atoms with van der Waals surface area (Å²) in [6, 6.07) is 9.80. The SMILES string of the molecule is Cc1ncncc1-n1c(=N)n(C)c2cnc3ccc(-c4ccc(N)nc4)cc3c21. The highest BCUT2D eigenvalue weighted by Crippen LogP contribution is 2.29. The Morgan fingerprint density at radius 2 is 1.79 bits per heavy atom. The molecule has 0 saturated heterocycles. The van der Waals surface area contributed by atoms with Crippen molar-refractivity contribution in [3.05, 3.63) is 66.6 Å². The third kappa shape index (κ3) is 2.57. The number of hydrogen-bond donors (Lipinski definition) is 2. The predicted molar refractivity (Wildman–Crippen MR) is 111 cm³/mol. The van der Waals surface area contributed by atoms with Gasteiger partial charge in [0, 0.05) is 24.2 Å². The third-order valence-electron chi connectivity index (χ3n) is 5.18. The summed E-state index contributed by atoms with van der Waals surface area (Å²) in [5.74, 6) is 0.484. The van der Waals surface area contributed by atoms with Crippen molar-refractivity contribution in [3.8, 4) is 16.8 Å². The lowest BCUT2D eigenvalue weighted by Crippen LogP contribution is -2.22. The van der Waals surface area contributed by atoms with Gasteiger partial charge in [0.1, 0.15) is 12.1 Å². The van der Waals surface area contributed by atoms with Crippen molar-refractivity contribution in [3.63, 3.8) is 0 Å². The first-order chi connectivity index (χ1) is 14.0. The van der Waals surface area contributed by atoms with Gasteiger partial charge in [-0.15, -0.1) is 0 Å². The average Bonchev–Trinajstić information content (AvgIpc) is 2.99. The smallest absolute Gasteiger partial charge is 0.207 e. The lowest BCUT2D eigenvalue weighted by Gasteiger charge is -2.09. The predicted octanol–water partition coefficient (Wildman–Crippen LogP) is 2.74. The van der Waals surface area contributed by atoms with Gasteiger partial charge in [-0.3, -0.25) is 15.0 Å². The molecule has 5 rings (SSSR count). The van der Waals surface area contributed by atoms with Gasteiger partial charge in [-0.05, 0) is 36.8 Å². The van der Waals surface area contributed by atoms with Gasteiger partial charge in [0.2, 0.25) is 5.62 Å². The summed E-state index contributed by atoms with van der Waals surface area (Å²) in [6.07, 6.45) is 6.81. The van der Waals surface area contributed by atoms with Gasteiger partial charge in [0.05, 0.1) is 40.3 Å². The Hall–Kier alpha value is -4.07. The van der Waals surface area contributed by atoms with Gasteiger partial charge in [-0.25, -0.2) is 15.0 Å². The summed E-state index contributed by atoms with van der Waals surface area (Å²) in [5, 5.41) is 9.63. The number of imidazole rings is 1. The van der Waals surface area contributed by atoms with Crippen LogP contribution in [0, 0.1) is 12.3 Å². The number of fused-ring (bicyclic) bond motifs is 3. The van der Waals surface area contributed by atoms with Gasteiger partial charge >= 0.3 is 0 Å². The van der Waals surface area contributed by atoms with Crippen LogP contribution in [0.2, 0.25) is 0 Å². The average molecular weight is 382 g/mol. The van der Waals surface area contributed by atoms with Gasteiger partial charge < -0.3 is 10.3 Å². The van der Waals surface area contributed by atoms with Crippen LogP contribution in [-0.4, -0.2) is 29.1 Å². The highest BCUT2D eigenvalue weighted by atomic mass is 15.2. The number of anilines is 1. The van der Waals surface area contributed by atoms with E-state index in [1.54, 1.807) is 24.7 Å². The molecule has 0 bridgehead atoms. The standard InChI is InChI=1S/C21H18N8/c1-12-17(9-24-11-27-12)29-20-15-7-13(14-4-6-19(22)26-8-14)3-5-16(15)25-10-18(20)28(2)21(29)23/h3-11,23H,1-2H3,(H2,22,26). The van der Waals surface area contributed by atoms with E-state index < -0.39 is 0 Å². The summed E-state index contributed by atoms with van der Waals surface area (Å²) < 4.78 is 3.69. The Balaban J connectivity index is 1.89. The van der Waals surface area contributed by atoms with Crippen LogP contribution in [0.15, 0.2) is 55.2 Å². The Labute approximate surface area is 165 Å². The third-order valence-corrected chi connectivity index (χ3v) is 5.18. The van der Waals surface area contributed by atoms with Crippen molar-refractivity contribution in [2.24, 2.45) is 7.05 Å². The summed E-state index contributed by atoms with van der Waals surface area (Å²) in [6.45, 7) is 1.91. The molecule has 4 heterocycles. The lowest BCUT2D eigenvalue weighted by molar-refractivity contribution is 0.780. The normalized spacial score (nSPS) is 11.4. The number of nitrogen functional groups attached to an aromatic ring is 1. The van der Waals surface area contributed by atoms with Crippen LogP contribution < -0.4 is 11.4 Å². The summed E-state index contributed by atoms with van der Waals surface area (Å²) >= 11 is 0. The summed E-state index contributed by atoms with van der Waals surface area (Å²) in [4.78, 5) is 17.3. The van der Waals surface area contributed by atoms with Crippen LogP contribution in [0.25, 0.3) is 38.8 Å². The van der Waals surface area contributed by atoms with Crippen molar-refractivity contribution < 1.29 is 0 Å². The van der Waals surface area contributed by atoms with E-state index in [9.17, 15) is 0 Å². The van der Waals surface area contributed by atoms with Gasteiger partial charge in [-0.1, -0.05) is 6.07 Å². The molecule has 142 valence electrons. The first-order valence-corrected chi connectivity index (χ1v) is 9.08. The fraction of sp³-hybridized carbons (Fsp3) is 0.0952. The van der Waals surface area contributed by atoms with Crippen LogP contribution in [0.5, 0.6) is 0 Å². The Morgan fingerprint density at radius 1 is 0.966 bits per heavy atom. The van der Waals surface area contributed by atoms with Crippen LogP contribution in [0.3, 0.4) is 0 Å². The molecular weight excluding hydrogens is 364 g/mol. The number of pyridine rings is 2. The molecule has 0 amide bonds. The molecule has 0 aliphatic rings. The van der Waals surface area contributed by atoms with E-state index >= 15 is 0 Å². The molecule has 8 nitrogen and oxygen atoms in total. The summed E-state index contributed by atoms with van der Waals surface area (Å²) in [7, 11) is 1.86. The molecule has 8 heteroatoms. The van der Waals surface area contributed by atoms with Crippen LogP contribution >= 0.6 is 0 Å². The van der Waals surface area contributed by atoms with Gasteiger partial charge in [-0.2, -0.15) is 0 Å². The molecule has 0 unspecified atom stereocenters. The van der Waals surface area contributed by atoms with Crippen LogP contribution in [0.4, 0.5) is 5.82 Å². The zero-order valence-electron chi connectivity index (χ0n) is 16.0. The minimum atomic E-state index is 0.326. The molecule has 0 aliphatic carbocycles. The van der Waals surface area contributed by atoms with Crippen molar-refractivity contribution in [2.45, 2.75) is 6.92 Å². The van der Waals surface area contributed by atoms with Crippen LogP contribution in [0.1, 0.15) is 5.69 Å².